The molecule has 0 bridgehead atoms. The van der Waals surface area contributed by atoms with E-state index in [-0.39, 0.29) is 11.9 Å². The molecule has 1 aromatic carbocycles. The second-order valence-electron chi connectivity index (χ2n) is 3.73. The zero-order chi connectivity index (χ0) is 11.4. The molecule has 2 rings (SSSR count). The minimum atomic E-state index is -0.206. The van der Waals surface area contributed by atoms with Crippen molar-refractivity contribution in [3.63, 3.8) is 0 Å². The van der Waals surface area contributed by atoms with E-state index in [0.717, 1.165) is 11.3 Å². The van der Waals surface area contributed by atoms with Gasteiger partial charge in [-0.25, -0.2) is 4.39 Å². The first-order valence-electron chi connectivity index (χ1n) is 5.27. The van der Waals surface area contributed by atoms with Crippen LogP contribution in [0.15, 0.2) is 47.1 Å². The summed E-state index contributed by atoms with van der Waals surface area (Å²) in [5, 5.41) is 3.30. The molecule has 0 fully saturated rings. The van der Waals surface area contributed by atoms with E-state index in [9.17, 15) is 4.39 Å². The van der Waals surface area contributed by atoms with Gasteiger partial charge in [-0.1, -0.05) is 12.1 Å². The van der Waals surface area contributed by atoms with Gasteiger partial charge in [0.1, 0.15) is 11.6 Å². The Morgan fingerprint density at radius 3 is 2.62 bits per heavy atom. The summed E-state index contributed by atoms with van der Waals surface area (Å²) >= 11 is 0. The molecule has 1 atom stereocenters. The minimum Gasteiger partial charge on any atom is -0.468 e. The molecule has 0 amide bonds. The van der Waals surface area contributed by atoms with E-state index in [2.05, 4.69) is 5.32 Å². The number of hydrogen-bond acceptors (Lipinski definition) is 2. The second-order valence-corrected chi connectivity index (χ2v) is 3.73. The predicted octanol–water partition coefficient (Wildman–Crippen LogP) is 3.27. The van der Waals surface area contributed by atoms with Crippen LogP contribution in [-0.2, 0) is 6.54 Å². The first kappa shape index (κ1) is 10.9. The maximum Gasteiger partial charge on any atom is 0.123 e. The lowest BCUT2D eigenvalue weighted by Gasteiger charge is -2.12. The SMILES string of the molecule is C[C@@H](NCc1ccco1)c1ccc(F)cc1. The average Bonchev–Trinajstić information content (AvgIpc) is 2.80. The third-order valence-electron chi connectivity index (χ3n) is 2.53. The zero-order valence-electron chi connectivity index (χ0n) is 9.11. The first-order valence-corrected chi connectivity index (χ1v) is 5.27. The Morgan fingerprint density at radius 1 is 1.25 bits per heavy atom. The van der Waals surface area contributed by atoms with Crippen LogP contribution in [0, 0.1) is 5.82 Å². The lowest BCUT2D eigenvalue weighted by atomic mass is 10.1. The molecule has 3 heteroatoms. The summed E-state index contributed by atoms with van der Waals surface area (Å²) in [5.74, 6) is 0.691. The molecule has 2 aromatic rings. The van der Waals surface area contributed by atoms with E-state index in [0.29, 0.717) is 6.54 Å². The van der Waals surface area contributed by atoms with Crippen molar-refractivity contribution in [1.82, 2.24) is 5.32 Å². The van der Waals surface area contributed by atoms with Gasteiger partial charge in [-0.15, -0.1) is 0 Å². The third-order valence-corrected chi connectivity index (χ3v) is 2.53. The van der Waals surface area contributed by atoms with Gasteiger partial charge in [-0.3, -0.25) is 0 Å². The van der Waals surface area contributed by atoms with Crippen LogP contribution in [0.2, 0.25) is 0 Å². The van der Waals surface area contributed by atoms with Crippen molar-refractivity contribution >= 4 is 0 Å². The Labute approximate surface area is 94.1 Å². The van der Waals surface area contributed by atoms with Crippen molar-refractivity contribution in [2.45, 2.75) is 19.5 Å². The molecule has 0 radical (unpaired) electrons. The summed E-state index contributed by atoms with van der Waals surface area (Å²) in [5.41, 5.74) is 1.06. The highest BCUT2D eigenvalue weighted by Gasteiger charge is 2.05. The molecule has 0 saturated heterocycles. The van der Waals surface area contributed by atoms with E-state index in [4.69, 9.17) is 4.42 Å². The van der Waals surface area contributed by atoms with E-state index in [1.54, 1.807) is 18.4 Å². The highest BCUT2D eigenvalue weighted by molar-refractivity contribution is 5.19. The van der Waals surface area contributed by atoms with Gasteiger partial charge in [0.05, 0.1) is 12.8 Å². The molecule has 0 aliphatic heterocycles. The summed E-state index contributed by atoms with van der Waals surface area (Å²) < 4.78 is 17.9. The molecule has 1 N–H and O–H groups in total. The van der Waals surface area contributed by atoms with Crippen LogP contribution in [0.25, 0.3) is 0 Å². The monoisotopic (exact) mass is 219 g/mol. The van der Waals surface area contributed by atoms with Crippen molar-refractivity contribution in [3.8, 4) is 0 Å². The van der Waals surface area contributed by atoms with Crippen molar-refractivity contribution in [1.29, 1.82) is 0 Å². The fraction of sp³-hybridized carbons (Fsp3) is 0.231. The maximum atomic E-state index is 12.7. The lowest BCUT2D eigenvalue weighted by Crippen LogP contribution is -2.17. The van der Waals surface area contributed by atoms with Gasteiger partial charge < -0.3 is 9.73 Å². The molecule has 1 heterocycles. The number of halogens is 1. The molecule has 0 unspecified atom stereocenters. The summed E-state index contributed by atoms with van der Waals surface area (Å²) in [6.07, 6.45) is 1.65. The predicted molar refractivity (Wildman–Crippen MR) is 60.4 cm³/mol. The molecule has 0 saturated carbocycles. The van der Waals surface area contributed by atoms with Crippen molar-refractivity contribution < 1.29 is 8.81 Å². The standard InChI is InChI=1S/C13H14FNO/c1-10(11-4-6-12(14)7-5-11)15-9-13-3-2-8-16-13/h2-8,10,15H,9H2,1H3/t10-/m1/s1. The van der Waals surface area contributed by atoms with Gasteiger partial charge in [0.2, 0.25) is 0 Å². The average molecular weight is 219 g/mol. The molecule has 84 valence electrons. The molecule has 0 aliphatic rings. The van der Waals surface area contributed by atoms with Crippen molar-refractivity contribution in [2.24, 2.45) is 0 Å². The van der Waals surface area contributed by atoms with Crippen LogP contribution in [0.4, 0.5) is 4.39 Å². The number of benzene rings is 1. The van der Waals surface area contributed by atoms with E-state index in [1.165, 1.54) is 12.1 Å². The molecule has 16 heavy (non-hydrogen) atoms. The Bertz CT molecular complexity index is 422. The van der Waals surface area contributed by atoms with Gasteiger partial charge in [0, 0.05) is 6.04 Å². The quantitative estimate of drug-likeness (QED) is 0.853. The Kier molecular flexibility index (Phi) is 3.37. The number of furan rings is 1. The molecule has 2 nitrogen and oxygen atoms in total. The Morgan fingerprint density at radius 2 is 2.00 bits per heavy atom. The third kappa shape index (κ3) is 2.70. The number of hydrogen-bond donors (Lipinski definition) is 1. The number of nitrogens with one attached hydrogen (secondary N) is 1. The Balaban J connectivity index is 1.93. The van der Waals surface area contributed by atoms with E-state index >= 15 is 0 Å². The first-order chi connectivity index (χ1) is 7.75. The molecule has 1 aromatic heterocycles. The summed E-state index contributed by atoms with van der Waals surface area (Å²) in [4.78, 5) is 0. The van der Waals surface area contributed by atoms with Crippen LogP contribution in [0.5, 0.6) is 0 Å². The molecule has 0 aliphatic carbocycles. The second kappa shape index (κ2) is 4.94. The minimum absolute atomic E-state index is 0.172. The van der Waals surface area contributed by atoms with Gasteiger partial charge in [-0.05, 0) is 36.8 Å². The van der Waals surface area contributed by atoms with Gasteiger partial charge in [-0.2, -0.15) is 0 Å². The van der Waals surface area contributed by atoms with Crippen LogP contribution in [0.3, 0.4) is 0 Å². The van der Waals surface area contributed by atoms with Crippen LogP contribution >= 0.6 is 0 Å². The number of rotatable bonds is 4. The largest absolute Gasteiger partial charge is 0.468 e. The fourth-order valence-electron chi connectivity index (χ4n) is 1.54. The Hall–Kier alpha value is -1.61. The van der Waals surface area contributed by atoms with Gasteiger partial charge >= 0.3 is 0 Å². The molecule has 0 spiro atoms. The highest BCUT2D eigenvalue weighted by Crippen LogP contribution is 2.13. The molecular weight excluding hydrogens is 205 g/mol. The van der Waals surface area contributed by atoms with Crippen molar-refractivity contribution in [2.75, 3.05) is 0 Å². The smallest absolute Gasteiger partial charge is 0.123 e. The van der Waals surface area contributed by atoms with E-state index < -0.39 is 0 Å². The lowest BCUT2D eigenvalue weighted by molar-refractivity contribution is 0.460. The van der Waals surface area contributed by atoms with Crippen molar-refractivity contribution in [3.05, 3.63) is 59.8 Å². The topological polar surface area (TPSA) is 25.2 Å². The van der Waals surface area contributed by atoms with Gasteiger partial charge in [0.15, 0.2) is 0 Å². The fourth-order valence-corrected chi connectivity index (χ4v) is 1.54. The van der Waals surface area contributed by atoms with E-state index in [1.807, 2.05) is 19.1 Å². The zero-order valence-corrected chi connectivity index (χ0v) is 9.11. The normalized spacial score (nSPS) is 12.6. The highest BCUT2D eigenvalue weighted by atomic mass is 19.1. The summed E-state index contributed by atoms with van der Waals surface area (Å²) in [7, 11) is 0. The summed E-state index contributed by atoms with van der Waals surface area (Å²) in [6.45, 7) is 2.71. The van der Waals surface area contributed by atoms with Crippen LogP contribution < -0.4 is 5.32 Å². The summed E-state index contributed by atoms with van der Waals surface area (Å²) in [6, 6.07) is 10.5. The molecular formula is C13H14FNO. The maximum absolute atomic E-state index is 12.7. The van der Waals surface area contributed by atoms with Gasteiger partial charge in [0.25, 0.3) is 0 Å². The van der Waals surface area contributed by atoms with Crippen LogP contribution in [0.1, 0.15) is 24.3 Å². The van der Waals surface area contributed by atoms with Crippen LogP contribution in [-0.4, -0.2) is 0 Å².